The molecule has 0 saturated carbocycles. The predicted molar refractivity (Wildman–Crippen MR) is 80.3 cm³/mol. The Balaban J connectivity index is 2.17. The van der Waals surface area contributed by atoms with Crippen LogP contribution in [-0.4, -0.2) is 31.2 Å². The number of hydrogen-bond donors (Lipinski definition) is 2. The summed E-state index contributed by atoms with van der Waals surface area (Å²) in [6.45, 7) is 3.54. The molecule has 2 aromatic heterocycles. The van der Waals surface area contributed by atoms with Crippen LogP contribution in [-0.2, 0) is 10.5 Å². The van der Waals surface area contributed by atoms with Crippen molar-refractivity contribution in [3.63, 3.8) is 0 Å². The maximum Gasteiger partial charge on any atom is 0.321 e. The first kappa shape index (κ1) is 15.0. The zero-order chi connectivity index (χ0) is 14.9. The fourth-order valence-electron chi connectivity index (χ4n) is 1.61. The number of thiazole rings is 1. The first-order chi connectivity index (χ1) is 9.31. The average molecular weight is 313 g/mol. The number of hydrogen-bond acceptors (Lipinski definition) is 6. The van der Waals surface area contributed by atoms with Crippen molar-refractivity contribution in [2.75, 3.05) is 0 Å². The first-order valence-corrected chi connectivity index (χ1v) is 7.76. The zero-order valence-electron chi connectivity index (χ0n) is 11.1. The van der Waals surface area contributed by atoms with Crippen molar-refractivity contribution < 1.29 is 9.90 Å². The summed E-state index contributed by atoms with van der Waals surface area (Å²) in [7, 11) is 0. The van der Waals surface area contributed by atoms with Gasteiger partial charge in [0.25, 0.3) is 5.56 Å². The molecule has 8 heteroatoms. The van der Waals surface area contributed by atoms with E-state index in [1.165, 1.54) is 33.6 Å². The molecule has 0 radical (unpaired) electrons. The maximum absolute atomic E-state index is 11.8. The van der Waals surface area contributed by atoms with E-state index in [4.69, 9.17) is 10.8 Å². The van der Waals surface area contributed by atoms with Gasteiger partial charge in [0, 0.05) is 28.1 Å². The summed E-state index contributed by atoms with van der Waals surface area (Å²) in [6, 6.07) is 0.494. The number of thioether (sulfide) groups is 1. The lowest BCUT2D eigenvalue weighted by molar-refractivity contribution is -0.139. The number of nitrogens with two attached hydrogens (primary N) is 1. The summed E-state index contributed by atoms with van der Waals surface area (Å²) in [5, 5.41) is 10.8. The Labute approximate surface area is 123 Å². The number of aromatic nitrogens is 2. The summed E-state index contributed by atoms with van der Waals surface area (Å²) in [6.07, 6.45) is 1.68. The topological polar surface area (TPSA) is 97.7 Å². The SMILES string of the molecule is CC(C)(SCc1cc(=O)n2ccsc2n1)[C@H](N)C(=O)O. The van der Waals surface area contributed by atoms with Gasteiger partial charge in [0.1, 0.15) is 6.04 Å². The summed E-state index contributed by atoms with van der Waals surface area (Å²) < 4.78 is 0.834. The summed E-state index contributed by atoms with van der Waals surface area (Å²) in [5.41, 5.74) is 6.16. The van der Waals surface area contributed by atoms with Gasteiger partial charge in [-0.05, 0) is 13.8 Å². The van der Waals surface area contributed by atoms with Crippen LogP contribution in [0, 0.1) is 0 Å². The van der Waals surface area contributed by atoms with Gasteiger partial charge in [0.2, 0.25) is 0 Å². The Kier molecular flexibility index (Phi) is 4.17. The lowest BCUT2D eigenvalue weighted by atomic mass is 10.1. The van der Waals surface area contributed by atoms with E-state index in [1.807, 2.05) is 0 Å². The molecule has 0 aliphatic heterocycles. The molecule has 0 bridgehead atoms. The molecule has 0 amide bonds. The van der Waals surface area contributed by atoms with Crippen molar-refractivity contribution >= 4 is 34.0 Å². The van der Waals surface area contributed by atoms with Crippen LogP contribution in [0.2, 0.25) is 0 Å². The molecule has 0 fully saturated rings. The minimum Gasteiger partial charge on any atom is -0.480 e. The smallest absolute Gasteiger partial charge is 0.321 e. The van der Waals surface area contributed by atoms with Gasteiger partial charge in [-0.3, -0.25) is 14.0 Å². The van der Waals surface area contributed by atoms with Crippen LogP contribution < -0.4 is 11.3 Å². The molecule has 1 atom stereocenters. The molecule has 0 aliphatic rings. The van der Waals surface area contributed by atoms with Gasteiger partial charge < -0.3 is 10.8 Å². The van der Waals surface area contributed by atoms with E-state index in [1.54, 1.807) is 25.4 Å². The number of fused-ring (bicyclic) bond motifs is 1. The Morgan fingerprint density at radius 3 is 3.00 bits per heavy atom. The third-order valence-electron chi connectivity index (χ3n) is 2.96. The van der Waals surface area contributed by atoms with Gasteiger partial charge >= 0.3 is 5.97 Å². The van der Waals surface area contributed by atoms with E-state index >= 15 is 0 Å². The number of carbonyl (C=O) groups is 1. The molecule has 6 nitrogen and oxygen atoms in total. The summed E-state index contributed by atoms with van der Waals surface area (Å²) >= 11 is 2.76. The van der Waals surface area contributed by atoms with E-state index in [2.05, 4.69) is 4.98 Å². The third kappa shape index (κ3) is 3.02. The van der Waals surface area contributed by atoms with Crippen LogP contribution in [0.15, 0.2) is 22.4 Å². The minimum atomic E-state index is -1.04. The molecule has 0 aromatic carbocycles. The van der Waals surface area contributed by atoms with Crippen molar-refractivity contribution in [1.29, 1.82) is 0 Å². The molecular formula is C12H15N3O3S2. The van der Waals surface area contributed by atoms with Gasteiger partial charge in [-0.1, -0.05) is 0 Å². The van der Waals surface area contributed by atoms with Gasteiger partial charge in [0.05, 0.1) is 5.69 Å². The number of rotatable bonds is 5. The molecule has 3 N–H and O–H groups in total. The molecule has 20 heavy (non-hydrogen) atoms. The summed E-state index contributed by atoms with van der Waals surface area (Å²) in [5.74, 6) is -0.596. The highest BCUT2D eigenvalue weighted by Gasteiger charge is 2.32. The molecule has 2 aromatic rings. The molecule has 108 valence electrons. The summed E-state index contributed by atoms with van der Waals surface area (Å²) in [4.78, 5) is 27.8. The lowest BCUT2D eigenvalue weighted by Crippen LogP contribution is -2.46. The lowest BCUT2D eigenvalue weighted by Gasteiger charge is -2.27. The number of aliphatic carboxylic acids is 1. The Bertz CT molecular complexity index is 693. The second-order valence-corrected chi connectivity index (χ2v) is 7.35. The van der Waals surface area contributed by atoms with Crippen LogP contribution in [0.3, 0.4) is 0 Å². The maximum atomic E-state index is 11.8. The van der Waals surface area contributed by atoms with E-state index in [0.29, 0.717) is 16.4 Å². The number of nitrogens with zero attached hydrogens (tertiary/aromatic N) is 2. The fraction of sp³-hybridized carbons (Fsp3) is 0.417. The largest absolute Gasteiger partial charge is 0.480 e. The minimum absolute atomic E-state index is 0.132. The monoisotopic (exact) mass is 313 g/mol. The molecule has 2 heterocycles. The second-order valence-electron chi connectivity index (χ2n) is 4.85. The van der Waals surface area contributed by atoms with Gasteiger partial charge in [-0.15, -0.1) is 23.1 Å². The Morgan fingerprint density at radius 1 is 1.65 bits per heavy atom. The van der Waals surface area contributed by atoms with Crippen LogP contribution >= 0.6 is 23.1 Å². The zero-order valence-corrected chi connectivity index (χ0v) is 12.7. The number of carboxylic acid groups (broad SMARTS) is 1. The van der Waals surface area contributed by atoms with Crippen LogP contribution in [0.4, 0.5) is 0 Å². The van der Waals surface area contributed by atoms with Crippen molar-refractivity contribution in [3.8, 4) is 0 Å². The quantitative estimate of drug-likeness (QED) is 0.860. The van der Waals surface area contributed by atoms with E-state index in [-0.39, 0.29) is 5.56 Å². The predicted octanol–water partition coefficient (Wildman–Crippen LogP) is 1.18. The molecule has 0 saturated heterocycles. The van der Waals surface area contributed by atoms with Crippen LogP contribution in [0.1, 0.15) is 19.5 Å². The Morgan fingerprint density at radius 2 is 2.35 bits per heavy atom. The standard InChI is InChI=1S/C12H15N3O3S2/c1-12(2,9(13)10(17)18)20-6-7-5-8(16)15-3-4-19-11(15)14-7/h3-5,9H,6,13H2,1-2H3,(H,17,18)/t9-/m1/s1. The normalized spacial score (nSPS) is 13.6. The average Bonchev–Trinajstić information content (AvgIpc) is 2.84. The van der Waals surface area contributed by atoms with Crippen molar-refractivity contribution in [1.82, 2.24) is 9.38 Å². The van der Waals surface area contributed by atoms with E-state index < -0.39 is 16.8 Å². The molecular weight excluding hydrogens is 298 g/mol. The van der Waals surface area contributed by atoms with Crippen molar-refractivity contribution in [2.45, 2.75) is 30.4 Å². The highest BCUT2D eigenvalue weighted by atomic mass is 32.2. The van der Waals surface area contributed by atoms with Crippen LogP contribution in [0.5, 0.6) is 0 Å². The molecule has 0 spiro atoms. The second kappa shape index (κ2) is 5.55. The van der Waals surface area contributed by atoms with Crippen molar-refractivity contribution in [2.24, 2.45) is 5.73 Å². The fourth-order valence-corrected chi connectivity index (χ4v) is 3.30. The number of carboxylic acids is 1. The highest BCUT2D eigenvalue weighted by molar-refractivity contribution is 7.99. The molecule has 0 unspecified atom stereocenters. The van der Waals surface area contributed by atoms with Gasteiger partial charge in [-0.25, -0.2) is 4.98 Å². The first-order valence-electron chi connectivity index (χ1n) is 5.89. The molecule has 0 aliphatic carbocycles. The van der Waals surface area contributed by atoms with Crippen molar-refractivity contribution in [3.05, 3.63) is 33.7 Å². The van der Waals surface area contributed by atoms with Crippen LogP contribution in [0.25, 0.3) is 4.96 Å². The van der Waals surface area contributed by atoms with Gasteiger partial charge in [-0.2, -0.15) is 0 Å². The van der Waals surface area contributed by atoms with E-state index in [0.717, 1.165) is 0 Å². The highest BCUT2D eigenvalue weighted by Crippen LogP contribution is 2.30. The van der Waals surface area contributed by atoms with E-state index in [9.17, 15) is 9.59 Å². The third-order valence-corrected chi connectivity index (χ3v) is 5.16. The van der Waals surface area contributed by atoms with Gasteiger partial charge in [0.15, 0.2) is 4.96 Å². The Hall–Kier alpha value is -1.38. The molecule has 2 rings (SSSR count).